The fourth-order valence-electron chi connectivity index (χ4n) is 0.700. The molecule has 0 saturated heterocycles. The first kappa shape index (κ1) is 7.13. The average molecular weight is 145 g/mol. The summed E-state index contributed by atoms with van der Waals surface area (Å²) in [6.45, 7) is 0. The zero-order chi connectivity index (χ0) is 7.72. The van der Waals surface area contributed by atoms with Crippen LogP contribution in [0.25, 0.3) is 0 Å². The van der Waals surface area contributed by atoms with Crippen molar-refractivity contribution in [2.24, 2.45) is 17.2 Å². The summed E-state index contributed by atoms with van der Waals surface area (Å²) in [6, 6.07) is 0. The van der Waals surface area contributed by atoms with Crippen LogP contribution in [0.3, 0.4) is 0 Å². The Kier molecular flexibility index (Phi) is 1.66. The molecule has 0 radical (unpaired) electrons. The summed E-state index contributed by atoms with van der Waals surface area (Å²) in [7, 11) is 0. The molecule has 0 aromatic heterocycles. The van der Waals surface area contributed by atoms with Gasteiger partial charge in [0.2, 0.25) is 0 Å². The minimum atomic E-state index is -0.915. The highest BCUT2D eigenvalue weighted by Gasteiger charge is 2.19. The average Bonchev–Trinajstić information content (AvgIpc) is 1.82. The molecule has 2 atom stereocenters. The van der Waals surface area contributed by atoms with Gasteiger partial charge in [-0.1, -0.05) is 0 Å². The van der Waals surface area contributed by atoms with Gasteiger partial charge in [0, 0.05) is 0 Å². The maximum Gasteiger partial charge on any atom is 0.184 e. The molecular weight excluding hydrogens is 134 g/mol. The van der Waals surface area contributed by atoms with Gasteiger partial charge in [-0.2, -0.15) is 0 Å². The second-order valence-electron chi connectivity index (χ2n) is 2.06. The minimum absolute atomic E-state index is 0.221. The van der Waals surface area contributed by atoms with Crippen LogP contribution in [0.2, 0.25) is 0 Å². The van der Waals surface area contributed by atoms with E-state index in [2.05, 4.69) is 10.6 Å². The van der Waals surface area contributed by atoms with Gasteiger partial charge in [-0.05, 0) is 0 Å². The van der Waals surface area contributed by atoms with Crippen LogP contribution < -0.4 is 27.8 Å². The van der Waals surface area contributed by atoms with E-state index in [9.17, 15) is 0 Å². The second kappa shape index (κ2) is 2.33. The normalized spacial score (nSPS) is 33.8. The highest BCUT2D eigenvalue weighted by Crippen LogP contribution is 1.97. The summed E-state index contributed by atoms with van der Waals surface area (Å²) < 4.78 is 0. The molecule has 0 bridgehead atoms. The zero-order valence-electron chi connectivity index (χ0n) is 5.33. The van der Waals surface area contributed by atoms with Crippen molar-refractivity contribution in [1.82, 2.24) is 10.6 Å². The number of aliphatic hydroxyl groups excluding tert-OH is 1. The Morgan fingerprint density at radius 2 is 2.00 bits per heavy atom. The molecule has 6 heteroatoms. The number of aliphatic hydroxyl groups is 1. The lowest BCUT2D eigenvalue weighted by Gasteiger charge is -2.27. The lowest BCUT2D eigenvalue weighted by atomic mass is 10.3. The van der Waals surface area contributed by atoms with Crippen molar-refractivity contribution in [1.29, 1.82) is 0 Å². The number of nitrogens with two attached hydrogens (primary N) is 3. The van der Waals surface area contributed by atoms with Gasteiger partial charge in [-0.15, -0.1) is 0 Å². The molecule has 0 fully saturated rings. The number of hydrogen-bond acceptors (Lipinski definition) is 6. The summed E-state index contributed by atoms with van der Waals surface area (Å²) in [6.07, 6.45) is -1.49. The summed E-state index contributed by atoms with van der Waals surface area (Å²) in [5.74, 6) is 0.221. The fraction of sp³-hybridized carbons (Fsp3) is 0.500. The van der Waals surface area contributed by atoms with Crippen molar-refractivity contribution < 1.29 is 5.11 Å². The summed E-state index contributed by atoms with van der Waals surface area (Å²) in [5, 5.41) is 13.9. The number of hydrogen-bond donors (Lipinski definition) is 6. The third-order valence-corrected chi connectivity index (χ3v) is 1.28. The quantitative estimate of drug-likeness (QED) is 0.214. The maximum absolute atomic E-state index is 8.90. The predicted octanol–water partition coefficient (Wildman–Crippen LogP) is -3.17. The zero-order valence-corrected chi connectivity index (χ0v) is 5.33. The Hall–Kier alpha value is -0.980. The van der Waals surface area contributed by atoms with Crippen molar-refractivity contribution in [3.05, 3.63) is 11.5 Å². The Morgan fingerprint density at radius 1 is 1.40 bits per heavy atom. The van der Waals surface area contributed by atoms with Gasteiger partial charge < -0.3 is 27.6 Å². The van der Waals surface area contributed by atoms with Crippen LogP contribution in [0, 0.1) is 0 Å². The van der Waals surface area contributed by atoms with Gasteiger partial charge in [0.25, 0.3) is 0 Å². The van der Waals surface area contributed by atoms with Gasteiger partial charge in [-0.3, -0.25) is 5.32 Å². The first-order valence-electron chi connectivity index (χ1n) is 2.82. The highest BCUT2D eigenvalue weighted by atomic mass is 16.3. The van der Waals surface area contributed by atoms with E-state index in [1.165, 1.54) is 0 Å². The molecular formula is C4H11N5O. The monoisotopic (exact) mass is 145 g/mol. The number of nitrogens with one attached hydrogen (secondary N) is 2. The molecule has 0 aromatic rings. The molecule has 58 valence electrons. The molecule has 1 aliphatic heterocycles. The third kappa shape index (κ3) is 1.13. The van der Waals surface area contributed by atoms with Crippen LogP contribution in [0.4, 0.5) is 0 Å². The van der Waals surface area contributed by atoms with Crippen molar-refractivity contribution in [3.63, 3.8) is 0 Å². The molecule has 0 amide bonds. The van der Waals surface area contributed by atoms with Crippen LogP contribution in [-0.4, -0.2) is 17.6 Å². The largest absolute Gasteiger partial charge is 0.397 e. The Balaban J connectivity index is 2.74. The molecule has 0 saturated carbocycles. The lowest BCUT2D eigenvalue weighted by molar-refractivity contribution is 0.0934. The molecule has 0 aliphatic carbocycles. The molecule has 1 heterocycles. The maximum atomic E-state index is 8.90. The van der Waals surface area contributed by atoms with E-state index in [1.54, 1.807) is 0 Å². The van der Waals surface area contributed by atoms with E-state index in [4.69, 9.17) is 22.3 Å². The lowest BCUT2D eigenvalue weighted by Crippen LogP contribution is -2.59. The summed E-state index contributed by atoms with van der Waals surface area (Å²) >= 11 is 0. The molecule has 6 nitrogen and oxygen atoms in total. The van der Waals surface area contributed by atoms with Gasteiger partial charge in [0.05, 0.1) is 5.70 Å². The van der Waals surface area contributed by atoms with Crippen LogP contribution in [0.5, 0.6) is 0 Å². The van der Waals surface area contributed by atoms with Crippen LogP contribution in [0.1, 0.15) is 0 Å². The molecule has 0 aromatic carbocycles. The molecule has 10 heavy (non-hydrogen) atoms. The van der Waals surface area contributed by atoms with Crippen molar-refractivity contribution in [2.45, 2.75) is 12.5 Å². The Labute approximate surface area is 58.1 Å². The molecule has 0 spiro atoms. The van der Waals surface area contributed by atoms with Gasteiger partial charge in [0.1, 0.15) is 12.0 Å². The topological polar surface area (TPSA) is 122 Å². The van der Waals surface area contributed by atoms with E-state index in [0.29, 0.717) is 5.70 Å². The molecule has 2 unspecified atom stereocenters. The van der Waals surface area contributed by atoms with Crippen molar-refractivity contribution >= 4 is 0 Å². The van der Waals surface area contributed by atoms with Gasteiger partial charge >= 0.3 is 0 Å². The van der Waals surface area contributed by atoms with E-state index in [-0.39, 0.29) is 5.82 Å². The second-order valence-corrected chi connectivity index (χ2v) is 2.06. The highest BCUT2D eigenvalue weighted by molar-refractivity contribution is 5.14. The van der Waals surface area contributed by atoms with Crippen LogP contribution in [0.15, 0.2) is 11.5 Å². The SMILES string of the molecule is NC1=C(N)C(N)NC(O)N1. The van der Waals surface area contributed by atoms with Crippen molar-refractivity contribution in [3.8, 4) is 0 Å². The Bertz CT molecular complexity index is 167. The minimum Gasteiger partial charge on any atom is -0.397 e. The van der Waals surface area contributed by atoms with E-state index >= 15 is 0 Å². The molecule has 1 rings (SSSR count). The third-order valence-electron chi connectivity index (χ3n) is 1.28. The van der Waals surface area contributed by atoms with E-state index in [0.717, 1.165) is 0 Å². The fourth-order valence-corrected chi connectivity index (χ4v) is 0.700. The smallest absolute Gasteiger partial charge is 0.184 e. The summed E-state index contributed by atoms with van der Waals surface area (Å²) in [4.78, 5) is 0. The predicted molar refractivity (Wildman–Crippen MR) is 35.7 cm³/mol. The van der Waals surface area contributed by atoms with Crippen molar-refractivity contribution in [2.75, 3.05) is 0 Å². The van der Waals surface area contributed by atoms with Gasteiger partial charge in [0.15, 0.2) is 6.35 Å². The number of rotatable bonds is 0. The van der Waals surface area contributed by atoms with Crippen LogP contribution >= 0.6 is 0 Å². The van der Waals surface area contributed by atoms with E-state index in [1.807, 2.05) is 0 Å². The molecule has 9 N–H and O–H groups in total. The summed E-state index contributed by atoms with van der Waals surface area (Å²) in [5.41, 5.74) is 16.4. The first-order chi connectivity index (χ1) is 4.61. The van der Waals surface area contributed by atoms with E-state index < -0.39 is 12.5 Å². The first-order valence-corrected chi connectivity index (χ1v) is 2.82. The van der Waals surface area contributed by atoms with Gasteiger partial charge in [-0.25, -0.2) is 0 Å². The standard InChI is InChI=1S/C4H11N5O/c5-1-2(6)8-4(10)9-3(1)7/h2,4,8-10H,5-7H2. The Morgan fingerprint density at radius 3 is 2.50 bits per heavy atom. The molecule has 1 aliphatic rings. The van der Waals surface area contributed by atoms with Crippen LogP contribution in [-0.2, 0) is 0 Å².